The zero-order valence-electron chi connectivity index (χ0n) is 11.7. The molecule has 7 heteroatoms. The summed E-state index contributed by atoms with van der Waals surface area (Å²) in [6, 6.07) is 15.1. The average Bonchev–Trinajstić information content (AvgIpc) is 2.58. The highest BCUT2D eigenvalue weighted by Gasteiger charge is 2.21. The quantitative estimate of drug-likeness (QED) is 0.544. The summed E-state index contributed by atoms with van der Waals surface area (Å²) in [6.45, 7) is 0. The first-order valence-electron chi connectivity index (χ1n) is 6.60. The van der Waals surface area contributed by atoms with E-state index in [9.17, 15) is 13.5 Å². The Hall–Kier alpha value is -3.11. The van der Waals surface area contributed by atoms with Crippen LogP contribution in [-0.2, 0) is 10.1 Å². The fourth-order valence-electron chi connectivity index (χ4n) is 2.20. The lowest BCUT2D eigenvalue weighted by Crippen LogP contribution is -2.10. The molecule has 0 bridgehead atoms. The van der Waals surface area contributed by atoms with Crippen molar-refractivity contribution in [1.82, 2.24) is 0 Å². The molecule has 0 aliphatic heterocycles. The molecule has 0 amide bonds. The highest BCUT2D eigenvalue weighted by molar-refractivity contribution is 7.87. The van der Waals surface area contributed by atoms with Crippen LogP contribution < -0.4 is 9.29 Å². The molecule has 6 nitrogen and oxygen atoms in total. The summed E-state index contributed by atoms with van der Waals surface area (Å²) < 4.78 is 29.8. The first-order chi connectivity index (χ1) is 11.0. The van der Waals surface area contributed by atoms with Gasteiger partial charge in [0.15, 0.2) is 10.7 Å². The SMILES string of the molecule is N#[N+]c1cc(OS(=O)(=O)c2ccccc2)c2ccccc2c1[O-]. The second-order valence-electron chi connectivity index (χ2n) is 4.72. The van der Waals surface area contributed by atoms with E-state index in [2.05, 4.69) is 4.98 Å². The number of rotatable bonds is 3. The monoisotopic (exact) mass is 326 g/mol. The topological polar surface area (TPSA) is 94.6 Å². The van der Waals surface area contributed by atoms with Crippen molar-refractivity contribution in [3.05, 3.63) is 65.6 Å². The molecule has 23 heavy (non-hydrogen) atoms. The van der Waals surface area contributed by atoms with Gasteiger partial charge in [0, 0.05) is 5.39 Å². The Morgan fingerprint density at radius 3 is 2.22 bits per heavy atom. The van der Waals surface area contributed by atoms with Crippen LogP contribution in [-0.4, -0.2) is 8.42 Å². The summed E-state index contributed by atoms with van der Waals surface area (Å²) in [6.07, 6.45) is 0. The molecular weight excluding hydrogens is 316 g/mol. The van der Waals surface area contributed by atoms with E-state index >= 15 is 0 Å². The molecule has 0 N–H and O–H groups in total. The van der Waals surface area contributed by atoms with Crippen molar-refractivity contribution in [1.29, 1.82) is 5.39 Å². The molecule has 0 heterocycles. The summed E-state index contributed by atoms with van der Waals surface area (Å²) in [5.74, 6) is -0.579. The largest absolute Gasteiger partial charge is 0.867 e. The first-order valence-corrected chi connectivity index (χ1v) is 8.01. The molecule has 3 aromatic rings. The first kappa shape index (κ1) is 14.8. The van der Waals surface area contributed by atoms with Crippen LogP contribution in [0.5, 0.6) is 11.5 Å². The Kier molecular flexibility index (Phi) is 3.60. The Morgan fingerprint density at radius 1 is 0.957 bits per heavy atom. The van der Waals surface area contributed by atoms with Gasteiger partial charge in [0.2, 0.25) is 5.39 Å². The van der Waals surface area contributed by atoms with Crippen LogP contribution in [0.1, 0.15) is 0 Å². The number of nitrogens with zero attached hydrogens (tertiary/aromatic N) is 2. The van der Waals surface area contributed by atoms with E-state index in [0.29, 0.717) is 5.39 Å². The maximum Gasteiger partial charge on any atom is 0.381 e. The molecule has 0 saturated heterocycles. The molecule has 0 aliphatic carbocycles. The molecule has 114 valence electrons. The smallest absolute Gasteiger partial charge is 0.381 e. The number of fused-ring (bicyclic) bond motifs is 1. The van der Waals surface area contributed by atoms with Crippen LogP contribution in [0, 0.1) is 5.39 Å². The van der Waals surface area contributed by atoms with Crippen molar-refractivity contribution in [2.45, 2.75) is 4.90 Å². The fraction of sp³-hybridized carbons (Fsp3) is 0. The van der Waals surface area contributed by atoms with E-state index < -0.39 is 15.9 Å². The highest BCUT2D eigenvalue weighted by Crippen LogP contribution is 2.39. The van der Waals surface area contributed by atoms with E-state index in [1.807, 2.05) is 0 Å². The van der Waals surface area contributed by atoms with Gasteiger partial charge in [0.05, 0.1) is 6.07 Å². The van der Waals surface area contributed by atoms with E-state index in [-0.39, 0.29) is 21.7 Å². The van der Waals surface area contributed by atoms with Crippen molar-refractivity contribution in [3.8, 4) is 11.5 Å². The summed E-state index contributed by atoms with van der Waals surface area (Å²) in [7, 11) is -4.07. The van der Waals surface area contributed by atoms with Gasteiger partial charge in [-0.25, -0.2) is 0 Å². The van der Waals surface area contributed by atoms with Crippen LogP contribution in [0.4, 0.5) is 5.69 Å². The van der Waals surface area contributed by atoms with Gasteiger partial charge in [-0.3, -0.25) is 0 Å². The van der Waals surface area contributed by atoms with Gasteiger partial charge < -0.3 is 9.29 Å². The molecule has 0 saturated carbocycles. The summed E-state index contributed by atoms with van der Waals surface area (Å²) in [5.41, 5.74) is -0.290. The summed E-state index contributed by atoms with van der Waals surface area (Å²) in [4.78, 5) is 2.88. The third kappa shape index (κ3) is 2.67. The lowest BCUT2D eigenvalue weighted by Gasteiger charge is -2.12. The molecule has 0 spiro atoms. The third-order valence-corrected chi connectivity index (χ3v) is 4.53. The molecule has 3 rings (SSSR count). The number of benzene rings is 3. The Bertz CT molecular complexity index is 1030. The second-order valence-corrected chi connectivity index (χ2v) is 6.27. The van der Waals surface area contributed by atoms with Crippen molar-refractivity contribution in [3.63, 3.8) is 0 Å². The number of hydrogen-bond acceptors (Lipinski definition) is 5. The summed E-state index contributed by atoms with van der Waals surface area (Å²) in [5, 5.41) is 21.6. The molecule has 0 radical (unpaired) electrons. The lowest BCUT2D eigenvalue weighted by molar-refractivity contribution is -0.264. The molecule has 3 aromatic carbocycles. The van der Waals surface area contributed by atoms with Crippen LogP contribution in [0.3, 0.4) is 0 Å². The Morgan fingerprint density at radius 2 is 1.57 bits per heavy atom. The molecule has 0 unspecified atom stereocenters. The minimum Gasteiger partial charge on any atom is -0.867 e. The van der Waals surface area contributed by atoms with Crippen molar-refractivity contribution in [2.24, 2.45) is 0 Å². The predicted molar refractivity (Wildman–Crippen MR) is 82.4 cm³/mol. The standard InChI is InChI=1S/C16H10N2O4S/c17-18-14-10-15(12-8-4-5-9-13(12)16(14)19)22-23(20,21)11-6-2-1-3-7-11/h1-10H. The third-order valence-electron chi connectivity index (χ3n) is 3.28. The Labute approximate surface area is 132 Å². The van der Waals surface area contributed by atoms with Crippen LogP contribution in [0.25, 0.3) is 15.7 Å². The van der Waals surface area contributed by atoms with Gasteiger partial charge in [-0.2, -0.15) is 8.42 Å². The Balaban J connectivity index is 2.18. The summed E-state index contributed by atoms with van der Waals surface area (Å²) >= 11 is 0. The van der Waals surface area contributed by atoms with Crippen LogP contribution >= 0.6 is 0 Å². The molecule has 0 aliphatic rings. The fourth-order valence-corrected chi connectivity index (χ4v) is 3.16. The lowest BCUT2D eigenvalue weighted by atomic mass is 10.1. The van der Waals surface area contributed by atoms with Crippen molar-refractivity contribution >= 4 is 26.6 Å². The second kappa shape index (κ2) is 5.59. The zero-order chi connectivity index (χ0) is 16.4. The van der Waals surface area contributed by atoms with Gasteiger partial charge in [-0.15, -0.1) is 0 Å². The minimum absolute atomic E-state index is 0.0160. The van der Waals surface area contributed by atoms with Gasteiger partial charge in [-0.1, -0.05) is 42.5 Å². The van der Waals surface area contributed by atoms with Gasteiger partial charge in [0.25, 0.3) is 0 Å². The average molecular weight is 326 g/mol. The minimum atomic E-state index is -4.07. The van der Waals surface area contributed by atoms with Crippen molar-refractivity contribution in [2.75, 3.05) is 0 Å². The maximum absolute atomic E-state index is 12.3. The number of diazo groups is 1. The zero-order valence-corrected chi connectivity index (χ0v) is 12.5. The van der Waals surface area contributed by atoms with Gasteiger partial charge in [-0.05, 0) is 23.3 Å². The molecule has 0 fully saturated rings. The van der Waals surface area contributed by atoms with Crippen LogP contribution in [0.2, 0.25) is 0 Å². The molecular formula is C16H10N2O4S. The maximum atomic E-state index is 12.3. The molecule has 0 aromatic heterocycles. The van der Waals surface area contributed by atoms with E-state index in [0.717, 1.165) is 6.07 Å². The van der Waals surface area contributed by atoms with Gasteiger partial charge >= 0.3 is 15.8 Å². The van der Waals surface area contributed by atoms with Crippen molar-refractivity contribution < 1.29 is 17.7 Å². The van der Waals surface area contributed by atoms with E-state index in [4.69, 9.17) is 9.58 Å². The number of hydrogen-bond donors (Lipinski definition) is 0. The molecule has 0 atom stereocenters. The highest BCUT2D eigenvalue weighted by atomic mass is 32.2. The van der Waals surface area contributed by atoms with Crippen LogP contribution in [0.15, 0.2) is 65.6 Å². The van der Waals surface area contributed by atoms with E-state index in [1.165, 1.54) is 18.2 Å². The normalized spacial score (nSPS) is 11.1. The van der Waals surface area contributed by atoms with Gasteiger partial charge in [0.1, 0.15) is 4.90 Å². The predicted octanol–water partition coefficient (Wildman–Crippen LogP) is 3.17. The van der Waals surface area contributed by atoms with E-state index in [1.54, 1.807) is 36.4 Å².